The zero-order valence-electron chi connectivity index (χ0n) is 10.3. The van der Waals surface area contributed by atoms with Crippen molar-refractivity contribution in [1.29, 1.82) is 0 Å². The van der Waals surface area contributed by atoms with Gasteiger partial charge < -0.3 is 9.64 Å². The minimum Gasteiger partial charge on any atom is -0.372 e. The highest BCUT2D eigenvalue weighted by Gasteiger charge is 2.26. The average Bonchev–Trinajstić information content (AvgIpc) is 2.27. The SMILES string of the molecule is COC(C)C(=O)N1CCC(C(C)C)CC1. The monoisotopic (exact) mass is 213 g/mol. The molecule has 1 unspecified atom stereocenters. The van der Waals surface area contributed by atoms with Crippen LogP contribution in [-0.2, 0) is 9.53 Å². The topological polar surface area (TPSA) is 29.5 Å². The molecule has 1 saturated heterocycles. The summed E-state index contributed by atoms with van der Waals surface area (Å²) in [6.45, 7) is 8.14. The van der Waals surface area contributed by atoms with Crippen LogP contribution in [-0.4, -0.2) is 37.1 Å². The summed E-state index contributed by atoms with van der Waals surface area (Å²) in [5.41, 5.74) is 0. The number of carbonyl (C=O) groups is 1. The first-order chi connectivity index (χ1) is 7.06. The maximum absolute atomic E-state index is 11.8. The second kappa shape index (κ2) is 5.50. The van der Waals surface area contributed by atoms with Crippen molar-refractivity contribution in [1.82, 2.24) is 4.90 Å². The molecule has 88 valence electrons. The lowest BCUT2D eigenvalue weighted by molar-refractivity contribution is -0.142. The van der Waals surface area contributed by atoms with E-state index < -0.39 is 0 Å². The normalized spacial score (nSPS) is 20.7. The number of nitrogens with zero attached hydrogens (tertiary/aromatic N) is 1. The predicted octanol–water partition coefficient (Wildman–Crippen LogP) is 1.92. The quantitative estimate of drug-likeness (QED) is 0.717. The van der Waals surface area contributed by atoms with Crippen molar-refractivity contribution >= 4 is 5.91 Å². The van der Waals surface area contributed by atoms with Crippen LogP contribution in [0, 0.1) is 11.8 Å². The Morgan fingerprint density at radius 3 is 2.20 bits per heavy atom. The van der Waals surface area contributed by atoms with Crippen LogP contribution in [0.2, 0.25) is 0 Å². The maximum Gasteiger partial charge on any atom is 0.251 e. The van der Waals surface area contributed by atoms with Gasteiger partial charge in [-0.1, -0.05) is 13.8 Å². The van der Waals surface area contributed by atoms with Crippen molar-refractivity contribution in [2.24, 2.45) is 11.8 Å². The Morgan fingerprint density at radius 2 is 1.80 bits per heavy atom. The second-order valence-electron chi connectivity index (χ2n) is 4.78. The Morgan fingerprint density at radius 1 is 1.27 bits per heavy atom. The molecule has 1 amide bonds. The Balaban J connectivity index is 2.40. The number of carbonyl (C=O) groups excluding carboxylic acids is 1. The summed E-state index contributed by atoms with van der Waals surface area (Å²) in [6, 6.07) is 0. The maximum atomic E-state index is 11.8. The molecule has 1 rings (SSSR count). The van der Waals surface area contributed by atoms with E-state index in [1.165, 1.54) is 0 Å². The molecule has 15 heavy (non-hydrogen) atoms. The summed E-state index contributed by atoms with van der Waals surface area (Å²) in [7, 11) is 1.59. The van der Waals surface area contributed by atoms with Gasteiger partial charge in [-0.05, 0) is 31.6 Å². The van der Waals surface area contributed by atoms with Gasteiger partial charge in [-0.2, -0.15) is 0 Å². The van der Waals surface area contributed by atoms with Crippen LogP contribution in [0.1, 0.15) is 33.6 Å². The number of rotatable bonds is 3. The van der Waals surface area contributed by atoms with Crippen molar-refractivity contribution in [2.45, 2.75) is 39.7 Å². The van der Waals surface area contributed by atoms with E-state index in [0.29, 0.717) is 0 Å². The van der Waals surface area contributed by atoms with Crippen LogP contribution in [0.3, 0.4) is 0 Å². The summed E-state index contributed by atoms with van der Waals surface area (Å²) >= 11 is 0. The molecule has 1 aliphatic heterocycles. The lowest BCUT2D eigenvalue weighted by Gasteiger charge is -2.34. The van der Waals surface area contributed by atoms with Crippen LogP contribution in [0.4, 0.5) is 0 Å². The van der Waals surface area contributed by atoms with E-state index in [1.807, 2.05) is 11.8 Å². The fourth-order valence-corrected chi connectivity index (χ4v) is 2.14. The lowest BCUT2D eigenvalue weighted by atomic mass is 9.86. The molecule has 0 aromatic carbocycles. The van der Waals surface area contributed by atoms with E-state index >= 15 is 0 Å². The molecular weight excluding hydrogens is 190 g/mol. The Kier molecular flexibility index (Phi) is 4.58. The summed E-state index contributed by atoms with van der Waals surface area (Å²) < 4.78 is 5.05. The third-order valence-corrected chi connectivity index (χ3v) is 3.50. The summed E-state index contributed by atoms with van der Waals surface area (Å²) in [4.78, 5) is 13.7. The Bertz CT molecular complexity index is 208. The minimum absolute atomic E-state index is 0.139. The molecule has 0 aromatic rings. The highest BCUT2D eigenvalue weighted by molar-refractivity contribution is 5.80. The molecule has 0 aromatic heterocycles. The zero-order valence-corrected chi connectivity index (χ0v) is 10.3. The molecule has 1 atom stereocenters. The van der Waals surface area contributed by atoms with Gasteiger partial charge in [0.2, 0.25) is 0 Å². The summed E-state index contributed by atoms with van der Waals surface area (Å²) in [6.07, 6.45) is 1.99. The molecule has 1 aliphatic rings. The van der Waals surface area contributed by atoms with E-state index in [4.69, 9.17) is 4.74 Å². The number of methoxy groups -OCH3 is 1. The number of piperidine rings is 1. The van der Waals surface area contributed by atoms with Gasteiger partial charge in [-0.3, -0.25) is 4.79 Å². The number of hydrogen-bond donors (Lipinski definition) is 0. The van der Waals surface area contributed by atoms with Crippen LogP contribution in [0.5, 0.6) is 0 Å². The number of hydrogen-bond acceptors (Lipinski definition) is 2. The van der Waals surface area contributed by atoms with Crippen LogP contribution in [0.15, 0.2) is 0 Å². The molecule has 1 heterocycles. The van der Waals surface area contributed by atoms with Crippen molar-refractivity contribution in [3.05, 3.63) is 0 Å². The number of ether oxygens (including phenoxy) is 1. The van der Waals surface area contributed by atoms with Gasteiger partial charge in [0.15, 0.2) is 0 Å². The molecule has 0 bridgehead atoms. The van der Waals surface area contributed by atoms with Crippen LogP contribution >= 0.6 is 0 Å². The van der Waals surface area contributed by atoms with E-state index in [9.17, 15) is 4.79 Å². The number of likely N-dealkylation sites (tertiary alicyclic amines) is 1. The zero-order chi connectivity index (χ0) is 11.4. The molecule has 3 nitrogen and oxygen atoms in total. The molecule has 0 radical (unpaired) electrons. The van der Waals surface area contributed by atoms with E-state index in [1.54, 1.807) is 7.11 Å². The standard InChI is InChI=1S/C12H23NO2/c1-9(2)11-5-7-13(8-6-11)12(14)10(3)15-4/h9-11H,5-8H2,1-4H3. The first-order valence-electron chi connectivity index (χ1n) is 5.87. The van der Waals surface area contributed by atoms with Crippen molar-refractivity contribution in [3.8, 4) is 0 Å². The summed E-state index contributed by atoms with van der Waals surface area (Å²) in [5, 5.41) is 0. The minimum atomic E-state index is -0.291. The Labute approximate surface area is 92.8 Å². The molecule has 0 spiro atoms. The lowest BCUT2D eigenvalue weighted by Crippen LogP contribution is -2.44. The van der Waals surface area contributed by atoms with Gasteiger partial charge in [0, 0.05) is 20.2 Å². The molecule has 0 saturated carbocycles. The van der Waals surface area contributed by atoms with E-state index in [2.05, 4.69) is 13.8 Å². The molecule has 1 fully saturated rings. The smallest absolute Gasteiger partial charge is 0.251 e. The van der Waals surface area contributed by atoms with Crippen LogP contribution in [0.25, 0.3) is 0 Å². The van der Waals surface area contributed by atoms with Gasteiger partial charge in [0.1, 0.15) is 6.10 Å². The third-order valence-electron chi connectivity index (χ3n) is 3.50. The number of amides is 1. The van der Waals surface area contributed by atoms with E-state index in [0.717, 1.165) is 37.8 Å². The van der Waals surface area contributed by atoms with Crippen molar-refractivity contribution < 1.29 is 9.53 Å². The average molecular weight is 213 g/mol. The van der Waals surface area contributed by atoms with Gasteiger partial charge in [-0.15, -0.1) is 0 Å². The van der Waals surface area contributed by atoms with Gasteiger partial charge in [0.05, 0.1) is 0 Å². The second-order valence-corrected chi connectivity index (χ2v) is 4.78. The highest BCUT2D eigenvalue weighted by Crippen LogP contribution is 2.24. The van der Waals surface area contributed by atoms with Crippen molar-refractivity contribution in [3.63, 3.8) is 0 Å². The molecule has 0 N–H and O–H groups in total. The first kappa shape index (κ1) is 12.5. The third kappa shape index (κ3) is 3.20. The highest BCUT2D eigenvalue weighted by atomic mass is 16.5. The Hall–Kier alpha value is -0.570. The largest absolute Gasteiger partial charge is 0.372 e. The van der Waals surface area contributed by atoms with Gasteiger partial charge in [-0.25, -0.2) is 0 Å². The first-order valence-corrected chi connectivity index (χ1v) is 5.87. The molecule has 3 heteroatoms. The van der Waals surface area contributed by atoms with Gasteiger partial charge >= 0.3 is 0 Å². The van der Waals surface area contributed by atoms with E-state index in [-0.39, 0.29) is 12.0 Å². The fourth-order valence-electron chi connectivity index (χ4n) is 2.14. The fraction of sp³-hybridized carbons (Fsp3) is 0.917. The molecular formula is C12H23NO2. The van der Waals surface area contributed by atoms with Crippen molar-refractivity contribution in [2.75, 3.05) is 20.2 Å². The predicted molar refractivity (Wildman–Crippen MR) is 60.6 cm³/mol. The van der Waals surface area contributed by atoms with Crippen LogP contribution < -0.4 is 0 Å². The van der Waals surface area contributed by atoms with Gasteiger partial charge in [0.25, 0.3) is 5.91 Å². The molecule has 0 aliphatic carbocycles. The summed E-state index contributed by atoms with van der Waals surface area (Å²) in [5.74, 6) is 1.66.